The Balaban J connectivity index is 1.67. The number of carbonyl (C=O) groups excluding carboxylic acids is 1. The molecule has 8 nitrogen and oxygen atoms in total. The Hall–Kier alpha value is -3.50. The summed E-state index contributed by atoms with van der Waals surface area (Å²) in [6.45, 7) is 0. The standard InChI is InChI=1S/C25H23BrN4O4S/c1-32-20-13-16(14-21(33-2)23(20)34-3)24-28-29-25(30(24)19-7-5-4-6-8-19)35-15-22(31)27-18-11-9-17(26)10-12-18/h4-14H,15H2,1-3H3,(H,27,31). The molecule has 0 saturated heterocycles. The van der Waals surface area contributed by atoms with Crippen molar-refractivity contribution < 1.29 is 19.0 Å². The molecule has 0 fully saturated rings. The number of amides is 1. The first-order valence-corrected chi connectivity index (χ1v) is 12.3. The second-order valence-electron chi connectivity index (χ2n) is 7.23. The van der Waals surface area contributed by atoms with Crippen LogP contribution in [-0.2, 0) is 4.79 Å². The SMILES string of the molecule is COc1cc(-c2nnc(SCC(=O)Nc3ccc(Br)cc3)n2-c2ccccc2)cc(OC)c1OC. The van der Waals surface area contributed by atoms with Gasteiger partial charge in [0.1, 0.15) is 0 Å². The van der Waals surface area contributed by atoms with Gasteiger partial charge in [-0.05, 0) is 48.5 Å². The quantitative estimate of drug-likeness (QED) is 0.275. The van der Waals surface area contributed by atoms with Gasteiger partial charge in [0, 0.05) is 21.4 Å². The van der Waals surface area contributed by atoms with Crippen molar-refractivity contribution in [2.75, 3.05) is 32.4 Å². The summed E-state index contributed by atoms with van der Waals surface area (Å²) in [7, 11) is 4.68. The second-order valence-corrected chi connectivity index (χ2v) is 9.09. The minimum Gasteiger partial charge on any atom is -0.493 e. The van der Waals surface area contributed by atoms with E-state index in [1.54, 1.807) is 21.3 Å². The minimum absolute atomic E-state index is 0.144. The van der Waals surface area contributed by atoms with Gasteiger partial charge < -0.3 is 19.5 Å². The van der Waals surface area contributed by atoms with Crippen LogP contribution in [0.15, 0.2) is 76.4 Å². The van der Waals surface area contributed by atoms with Crippen molar-refractivity contribution in [1.82, 2.24) is 14.8 Å². The lowest BCUT2D eigenvalue weighted by Gasteiger charge is -2.15. The van der Waals surface area contributed by atoms with Crippen molar-refractivity contribution in [3.05, 3.63) is 71.2 Å². The van der Waals surface area contributed by atoms with Crippen LogP contribution in [-0.4, -0.2) is 47.8 Å². The summed E-state index contributed by atoms with van der Waals surface area (Å²) in [6, 6.07) is 20.8. The molecule has 1 heterocycles. The zero-order valence-corrected chi connectivity index (χ0v) is 21.7. The number of aromatic nitrogens is 3. The van der Waals surface area contributed by atoms with Crippen LogP contribution in [0, 0.1) is 0 Å². The van der Waals surface area contributed by atoms with E-state index in [2.05, 4.69) is 31.4 Å². The number of hydrogen-bond donors (Lipinski definition) is 1. The normalized spacial score (nSPS) is 10.6. The van der Waals surface area contributed by atoms with Gasteiger partial charge in [0.25, 0.3) is 0 Å². The number of nitrogens with one attached hydrogen (secondary N) is 1. The maximum atomic E-state index is 12.6. The second kappa shape index (κ2) is 11.3. The van der Waals surface area contributed by atoms with E-state index in [9.17, 15) is 4.79 Å². The van der Waals surface area contributed by atoms with E-state index >= 15 is 0 Å². The average Bonchev–Trinajstić information content (AvgIpc) is 3.32. The summed E-state index contributed by atoms with van der Waals surface area (Å²) >= 11 is 4.69. The first-order chi connectivity index (χ1) is 17.0. The van der Waals surface area contributed by atoms with Crippen molar-refractivity contribution in [1.29, 1.82) is 0 Å². The van der Waals surface area contributed by atoms with Crippen molar-refractivity contribution in [3.63, 3.8) is 0 Å². The fraction of sp³-hybridized carbons (Fsp3) is 0.160. The predicted molar refractivity (Wildman–Crippen MR) is 140 cm³/mol. The zero-order valence-electron chi connectivity index (χ0n) is 19.3. The molecule has 180 valence electrons. The predicted octanol–water partition coefficient (Wildman–Crippen LogP) is 5.45. The molecule has 1 N–H and O–H groups in total. The Bertz CT molecular complexity index is 1290. The molecule has 0 atom stereocenters. The van der Waals surface area contributed by atoms with Gasteiger partial charge in [-0.3, -0.25) is 9.36 Å². The maximum absolute atomic E-state index is 12.6. The molecule has 0 aliphatic rings. The average molecular weight is 555 g/mol. The molecule has 0 aliphatic carbocycles. The van der Waals surface area contributed by atoms with Crippen LogP contribution >= 0.6 is 27.7 Å². The Morgan fingerprint density at radius 2 is 1.60 bits per heavy atom. The highest BCUT2D eigenvalue weighted by Crippen LogP contribution is 2.41. The number of halogens is 1. The number of ether oxygens (including phenoxy) is 3. The number of para-hydroxylation sites is 1. The van der Waals surface area contributed by atoms with Crippen LogP contribution in [0.2, 0.25) is 0 Å². The molecule has 4 rings (SSSR count). The van der Waals surface area contributed by atoms with E-state index in [0.29, 0.717) is 28.2 Å². The molecular weight excluding hydrogens is 532 g/mol. The molecule has 35 heavy (non-hydrogen) atoms. The monoisotopic (exact) mass is 554 g/mol. The van der Waals surface area contributed by atoms with E-state index < -0.39 is 0 Å². The van der Waals surface area contributed by atoms with Gasteiger partial charge in [0.2, 0.25) is 11.7 Å². The van der Waals surface area contributed by atoms with Crippen LogP contribution in [0.25, 0.3) is 17.1 Å². The largest absolute Gasteiger partial charge is 0.493 e. The van der Waals surface area contributed by atoms with Gasteiger partial charge in [0.15, 0.2) is 22.5 Å². The molecule has 0 bridgehead atoms. The van der Waals surface area contributed by atoms with Crippen LogP contribution in [0.5, 0.6) is 17.2 Å². The number of benzene rings is 3. The van der Waals surface area contributed by atoms with Gasteiger partial charge in [-0.2, -0.15) is 0 Å². The number of anilines is 1. The van der Waals surface area contributed by atoms with Crippen LogP contribution < -0.4 is 19.5 Å². The fourth-order valence-electron chi connectivity index (χ4n) is 3.43. The lowest BCUT2D eigenvalue weighted by Crippen LogP contribution is -2.14. The van der Waals surface area contributed by atoms with Crippen LogP contribution in [0.1, 0.15) is 0 Å². The summed E-state index contributed by atoms with van der Waals surface area (Å²) in [5.41, 5.74) is 2.31. The minimum atomic E-state index is -0.144. The van der Waals surface area contributed by atoms with Gasteiger partial charge in [-0.15, -0.1) is 10.2 Å². The summed E-state index contributed by atoms with van der Waals surface area (Å²) in [5.74, 6) is 2.10. The smallest absolute Gasteiger partial charge is 0.234 e. The van der Waals surface area contributed by atoms with E-state index in [0.717, 1.165) is 21.4 Å². The first-order valence-electron chi connectivity index (χ1n) is 10.5. The maximum Gasteiger partial charge on any atom is 0.234 e. The Kier molecular flexibility index (Phi) is 7.94. The third-order valence-corrected chi connectivity index (χ3v) is 6.49. The molecule has 1 amide bonds. The van der Waals surface area contributed by atoms with Crippen LogP contribution in [0.4, 0.5) is 5.69 Å². The Labute approximate surface area is 215 Å². The van der Waals surface area contributed by atoms with Crippen molar-refractivity contribution in [3.8, 4) is 34.3 Å². The van der Waals surface area contributed by atoms with Gasteiger partial charge in [-0.1, -0.05) is 45.9 Å². The highest BCUT2D eigenvalue weighted by atomic mass is 79.9. The molecule has 0 radical (unpaired) electrons. The van der Waals surface area contributed by atoms with Crippen LogP contribution in [0.3, 0.4) is 0 Å². The topological polar surface area (TPSA) is 87.5 Å². The molecule has 10 heteroatoms. The number of thioether (sulfide) groups is 1. The van der Waals surface area contributed by atoms with Gasteiger partial charge in [0.05, 0.1) is 27.1 Å². The molecule has 0 saturated carbocycles. The summed E-state index contributed by atoms with van der Waals surface area (Å²) in [4.78, 5) is 12.6. The number of nitrogens with zero attached hydrogens (tertiary/aromatic N) is 3. The van der Waals surface area contributed by atoms with E-state index in [1.807, 2.05) is 71.3 Å². The fourth-order valence-corrected chi connectivity index (χ4v) is 4.45. The lowest BCUT2D eigenvalue weighted by atomic mass is 10.1. The third kappa shape index (κ3) is 5.60. The Morgan fingerprint density at radius 1 is 0.943 bits per heavy atom. The molecule has 4 aromatic rings. The molecule has 3 aromatic carbocycles. The number of carbonyl (C=O) groups is 1. The van der Waals surface area contributed by atoms with Crippen molar-refractivity contribution in [2.24, 2.45) is 0 Å². The summed E-state index contributed by atoms with van der Waals surface area (Å²) in [6.07, 6.45) is 0. The zero-order chi connectivity index (χ0) is 24.8. The molecule has 0 spiro atoms. The number of methoxy groups -OCH3 is 3. The van der Waals surface area contributed by atoms with E-state index in [1.165, 1.54) is 11.8 Å². The van der Waals surface area contributed by atoms with E-state index in [4.69, 9.17) is 14.2 Å². The highest BCUT2D eigenvalue weighted by molar-refractivity contribution is 9.10. The summed E-state index contributed by atoms with van der Waals surface area (Å²) < 4.78 is 19.3. The van der Waals surface area contributed by atoms with E-state index in [-0.39, 0.29) is 11.7 Å². The number of hydrogen-bond acceptors (Lipinski definition) is 7. The molecule has 1 aromatic heterocycles. The Morgan fingerprint density at radius 3 is 2.20 bits per heavy atom. The van der Waals surface area contributed by atoms with Gasteiger partial charge in [-0.25, -0.2) is 0 Å². The molecule has 0 aliphatic heterocycles. The van der Waals surface area contributed by atoms with Gasteiger partial charge >= 0.3 is 0 Å². The molecular formula is C25H23BrN4O4S. The van der Waals surface area contributed by atoms with Crippen molar-refractivity contribution >= 4 is 39.3 Å². The number of rotatable bonds is 9. The lowest BCUT2D eigenvalue weighted by molar-refractivity contribution is -0.113. The summed E-state index contributed by atoms with van der Waals surface area (Å²) in [5, 5.41) is 12.3. The van der Waals surface area contributed by atoms with Crippen molar-refractivity contribution in [2.45, 2.75) is 5.16 Å². The molecule has 0 unspecified atom stereocenters. The first kappa shape index (κ1) is 24.6. The third-order valence-electron chi connectivity index (χ3n) is 5.03. The highest BCUT2D eigenvalue weighted by Gasteiger charge is 2.21.